The van der Waals surface area contributed by atoms with E-state index in [1.807, 2.05) is 12.1 Å². The highest BCUT2D eigenvalue weighted by atomic mass is 79.9. The molecular weight excluding hydrogens is 280 g/mol. The first-order chi connectivity index (χ1) is 8.27. The molecule has 0 radical (unpaired) electrons. The molecule has 0 unspecified atom stereocenters. The van der Waals surface area contributed by atoms with Gasteiger partial charge in [-0.05, 0) is 40.9 Å². The average molecular weight is 297 g/mol. The van der Waals surface area contributed by atoms with Crippen molar-refractivity contribution in [2.75, 3.05) is 5.32 Å². The number of halogens is 1. The summed E-state index contributed by atoms with van der Waals surface area (Å²) in [5.41, 5.74) is 0.766. The Morgan fingerprint density at radius 1 is 1.29 bits per heavy atom. The SMILES string of the molecule is O=C(Nc1cccnc1Br)C1CCCCCC1. The van der Waals surface area contributed by atoms with Crippen molar-refractivity contribution in [1.29, 1.82) is 0 Å². The summed E-state index contributed by atoms with van der Waals surface area (Å²) in [5, 5.41) is 2.96. The first kappa shape index (κ1) is 12.6. The zero-order valence-corrected chi connectivity index (χ0v) is 11.4. The van der Waals surface area contributed by atoms with Crippen LogP contribution in [0.1, 0.15) is 38.5 Å². The number of carbonyl (C=O) groups is 1. The number of nitrogens with zero attached hydrogens (tertiary/aromatic N) is 1. The minimum Gasteiger partial charge on any atom is -0.324 e. The van der Waals surface area contributed by atoms with Crippen molar-refractivity contribution in [2.45, 2.75) is 38.5 Å². The van der Waals surface area contributed by atoms with Crippen LogP contribution in [0.5, 0.6) is 0 Å². The van der Waals surface area contributed by atoms with E-state index in [1.165, 1.54) is 25.7 Å². The summed E-state index contributed by atoms with van der Waals surface area (Å²) in [5.74, 6) is 0.310. The molecule has 1 aromatic heterocycles. The van der Waals surface area contributed by atoms with Gasteiger partial charge in [0.2, 0.25) is 5.91 Å². The molecule has 17 heavy (non-hydrogen) atoms. The van der Waals surface area contributed by atoms with Crippen LogP contribution in [0, 0.1) is 5.92 Å². The van der Waals surface area contributed by atoms with E-state index >= 15 is 0 Å². The van der Waals surface area contributed by atoms with Gasteiger partial charge in [0.25, 0.3) is 0 Å². The van der Waals surface area contributed by atoms with E-state index in [4.69, 9.17) is 0 Å². The number of pyridine rings is 1. The number of hydrogen-bond donors (Lipinski definition) is 1. The lowest BCUT2D eigenvalue weighted by molar-refractivity contribution is -0.120. The lowest BCUT2D eigenvalue weighted by Gasteiger charge is -2.14. The van der Waals surface area contributed by atoms with Crippen LogP contribution in [-0.2, 0) is 4.79 Å². The second-order valence-electron chi connectivity index (χ2n) is 4.52. The fourth-order valence-corrected chi connectivity index (χ4v) is 2.61. The van der Waals surface area contributed by atoms with E-state index in [0.717, 1.165) is 18.5 Å². The zero-order valence-electron chi connectivity index (χ0n) is 9.79. The summed E-state index contributed by atoms with van der Waals surface area (Å²) in [6.07, 6.45) is 8.61. The van der Waals surface area contributed by atoms with E-state index < -0.39 is 0 Å². The second-order valence-corrected chi connectivity index (χ2v) is 5.27. The number of nitrogens with one attached hydrogen (secondary N) is 1. The molecule has 1 amide bonds. The molecule has 1 N–H and O–H groups in total. The molecule has 0 saturated heterocycles. The molecule has 4 heteroatoms. The van der Waals surface area contributed by atoms with Gasteiger partial charge in [-0.3, -0.25) is 4.79 Å². The minimum atomic E-state index is 0.139. The van der Waals surface area contributed by atoms with Gasteiger partial charge < -0.3 is 5.32 Å². The lowest BCUT2D eigenvalue weighted by Crippen LogP contribution is -2.22. The van der Waals surface area contributed by atoms with Crippen LogP contribution in [0.4, 0.5) is 5.69 Å². The van der Waals surface area contributed by atoms with Crippen molar-refractivity contribution >= 4 is 27.5 Å². The third kappa shape index (κ3) is 3.53. The fraction of sp³-hybridized carbons (Fsp3) is 0.538. The topological polar surface area (TPSA) is 42.0 Å². The Labute approximate surface area is 110 Å². The Hall–Kier alpha value is -0.900. The van der Waals surface area contributed by atoms with Gasteiger partial charge >= 0.3 is 0 Å². The van der Waals surface area contributed by atoms with Crippen LogP contribution >= 0.6 is 15.9 Å². The first-order valence-corrected chi connectivity index (χ1v) is 6.98. The fourth-order valence-electron chi connectivity index (χ4n) is 2.26. The summed E-state index contributed by atoms with van der Waals surface area (Å²) in [7, 11) is 0. The molecule has 3 nitrogen and oxygen atoms in total. The van der Waals surface area contributed by atoms with E-state index in [0.29, 0.717) is 4.60 Å². The van der Waals surface area contributed by atoms with Gasteiger partial charge in [0.1, 0.15) is 4.60 Å². The Morgan fingerprint density at radius 2 is 2.00 bits per heavy atom. The van der Waals surface area contributed by atoms with Crippen LogP contribution in [0.15, 0.2) is 22.9 Å². The van der Waals surface area contributed by atoms with Crippen molar-refractivity contribution in [3.63, 3.8) is 0 Å². The number of amides is 1. The maximum atomic E-state index is 12.1. The first-order valence-electron chi connectivity index (χ1n) is 6.19. The summed E-state index contributed by atoms with van der Waals surface area (Å²) < 4.78 is 0.696. The minimum absolute atomic E-state index is 0.139. The highest BCUT2D eigenvalue weighted by Crippen LogP contribution is 2.25. The van der Waals surface area contributed by atoms with Gasteiger partial charge in [0.05, 0.1) is 5.69 Å². The van der Waals surface area contributed by atoms with Crippen molar-refractivity contribution < 1.29 is 4.79 Å². The van der Waals surface area contributed by atoms with Gasteiger partial charge in [-0.1, -0.05) is 25.7 Å². The molecular formula is C13H17BrN2O. The molecule has 0 bridgehead atoms. The maximum Gasteiger partial charge on any atom is 0.227 e. The predicted molar refractivity (Wildman–Crippen MR) is 71.8 cm³/mol. The molecule has 2 rings (SSSR count). The van der Waals surface area contributed by atoms with Crippen LogP contribution in [-0.4, -0.2) is 10.9 Å². The highest BCUT2D eigenvalue weighted by Gasteiger charge is 2.20. The monoisotopic (exact) mass is 296 g/mol. The number of rotatable bonds is 2. The van der Waals surface area contributed by atoms with Crippen LogP contribution in [0.25, 0.3) is 0 Å². The smallest absolute Gasteiger partial charge is 0.227 e. The summed E-state index contributed by atoms with van der Waals surface area (Å²) >= 11 is 3.34. The van der Waals surface area contributed by atoms with E-state index in [1.54, 1.807) is 6.20 Å². The third-order valence-electron chi connectivity index (χ3n) is 3.24. The quantitative estimate of drug-likeness (QED) is 0.667. The van der Waals surface area contributed by atoms with Crippen molar-refractivity contribution in [3.8, 4) is 0 Å². The average Bonchev–Trinajstić information content (AvgIpc) is 2.61. The molecule has 0 atom stereocenters. The van der Waals surface area contributed by atoms with Gasteiger partial charge in [-0.25, -0.2) is 4.98 Å². The molecule has 1 aliphatic rings. The van der Waals surface area contributed by atoms with Crippen molar-refractivity contribution in [1.82, 2.24) is 4.98 Å². The molecule has 1 heterocycles. The number of carbonyl (C=O) groups excluding carboxylic acids is 1. The zero-order chi connectivity index (χ0) is 12.1. The molecule has 1 aromatic rings. The number of aromatic nitrogens is 1. The molecule has 92 valence electrons. The Balaban J connectivity index is 1.98. The van der Waals surface area contributed by atoms with Crippen molar-refractivity contribution in [2.24, 2.45) is 5.92 Å². The van der Waals surface area contributed by atoms with Crippen LogP contribution in [0.2, 0.25) is 0 Å². The molecule has 0 spiro atoms. The van der Waals surface area contributed by atoms with Crippen LogP contribution < -0.4 is 5.32 Å². The Kier molecular flexibility index (Phi) is 4.54. The predicted octanol–water partition coefficient (Wildman–Crippen LogP) is 3.75. The standard InChI is InChI=1S/C13H17BrN2O/c14-12-11(8-5-9-15-12)16-13(17)10-6-3-1-2-4-7-10/h5,8-10H,1-4,6-7H2,(H,16,17). The number of hydrogen-bond acceptors (Lipinski definition) is 2. The molecule has 0 aromatic carbocycles. The highest BCUT2D eigenvalue weighted by molar-refractivity contribution is 9.10. The van der Waals surface area contributed by atoms with Crippen LogP contribution in [0.3, 0.4) is 0 Å². The summed E-state index contributed by atoms with van der Waals surface area (Å²) in [6, 6.07) is 3.69. The Morgan fingerprint density at radius 3 is 2.65 bits per heavy atom. The molecule has 1 saturated carbocycles. The molecule has 0 aliphatic heterocycles. The van der Waals surface area contributed by atoms with Gasteiger partial charge in [-0.2, -0.15) is 0 Å². The number of anilines is 1. The maximum absolute atomic E-state index is 12.1. The van der Waals surface area contributed by atoms with Gasteiger partial charge in [0, 0.05) is 12.1 Å². The van der Waals surface area contributed by atoms with E-state index in [9.17, 15) is 4.79 Å². The normalized spacial score (nSPS) is 17.5. The van der Waals surface area contributed by atoms with E-state index in [2.05, 4.69) is 26.2 Å². The third-order valence-corrected chi connectivity index (χ3v) is 3.87. The largest absolute Gasteiger partial charge is 0.324 e. The molecule has 1 aliphatic carbocycles. The summed E-state index contributed by atoms with van der Waals surface area (Å²) in [6.45, 7) is 0. The van der Waals surface area contributed by atoms with E-state index in [-0.39, 0.29) is 11.8 Å². The summed E-state index contributed by atoms with van der Waals surface area (Å²) in [4.78, 5) is 16.2. The van der Waals surface area contributed by atoms with Gasteiger partial charge in [-0.15, -0.1) is 0 Å². The van der Waals surface area contributed by atoms with Crippen molar-refractivity contribution in [3.05, 3.63) is 22.9 Å². The Bertz CT molecular complexity index is 387. The lowest BCUT2D eigenvalue weighted by atomic mass is 9.99. The van der Waals surface area contributed by atoms with Gasteiger partial charge in [0.15, 0.2) is 0 Å². The second kappa shape index (κ2) is 6.15. The molecule has 1 fully saturated rings.